The van der Waals surface area contributed by atoms with E-state index in [1.807, 2.05) is 54.1 Å². The van der Waals surface area contributed by atoms with E-state index >= 15 is 0 Å². The van der Waals surface area contributed by atoms with Crippen LogP contribution in [0.1, 0.15) is 16.1 Å². The molecular formula is C20H19N5O. The van der Waals surface area contributed by atoms with Crippen LogP contribution in [0.25, 0.3) is 22.2 Å². The number of nitrogens with one attached hydrogen (secondary N) is 2. The number of fused-ring (bicyclic) bond motifs is 1. The Kier molecular flexibility index (Phi) is 4.23. The van der Waals surface area contributed by atoms with E-state index in [1.165, 1.54) is 0 Å². The molecule has 0 spiro atoms. The predicted molar refractivity (Wildman–Crippen MR) is 101 cm³/mol. The number of rotatable bonds is 5. The first-order valence-corrected chi connectivity index (χ1v) is 8.51. The summed E-state index contributed by atoms with van der Waals surface area (Å²) in [6, 6.07) is 13.7. The van der Waals surface area contributed by atoms with Crippen molar-refractivity contribution in [2.75, 3.05) is 6.54 Å². The van der Waals surface area contributed by atoms with E-state index in [9.17, 15) is 4.79 Å². The second kappa shape index (κ2) is 6.84. The van der Waals surface area contributed by atoms with Crippen molar-refractivity contribution in [2.24, 2.45) is 0 Å². The van der Waals surface area contributed by atoms with Gasteiger partial charge in [-0.3, -0.25) is 14.5 Å². The summed E-state index contributed by atoms with van der Waals surface area (Å²) in [6.45, 7) is 3.13. The second-order valence-electron chi connectivity index (χ2n) is 6.14. The van der Waals surface area contributed by atoms with E-state index in [0.29, 0.717) is 18.7 Å². The van der Waals surface area contributed by atoms with Crippen LogP contribution in [0.4, 0.5) is 0 Å². The van der Waals surface area contributed by atoms with E-state index in [4.69, 9.17) is 0 Å². The Balaban J connectivity index is 1.42. The fourth-order valence-electron chi connectivity index (χ4n) is 3.02. The van der Waals surface area contributed by atoms with E-state index in [0.717, 1.165) is 27.9 Å². The first-order chi connectivity index (χ1) is 12.7. The van der Waals surface area contributed by atoms with Gasteiger partial charge in [0.05, 0.1) is 17.8 Å². The fourth-order valence-corrected chi connectivity index (χ4v) is 3.02. The Hall–Kier alpha value is -3.41. The van der Waals surface area contributed by atoms with Gasteiger partial charge in [0.1, 0.15) is 0 Å². The van der Waals surface area contributed by atoms with Crippen LogP contribution in [0.2, 0.25) is 0 Å². The third-order valence-electron chi connectivity index (χ3n) is 4.38. The lowest BCUT2D eigenvalue weighted by atomic mass is 10.1. The van der Waals surface area contributed by atoms with Gasteiger partial charge in [-0.05, 0) is 31.2 Å². The maximum atomic E-state index is 12.5. The summed E-state index contributed by atoms with van der Waals surface area (Å²) in [6.07, 6.45) is 5.29. The van der Waals surface area contributed by atoms with Gasteiger partial charge in [-0.25, -0.2) is 0 Å². The molecular weight excluding hydrogens is 326 g/mol. The second-order valence-corrected chi connectivity index (χ2v) is 6.14. The monoisotopic (exact) mass is 345 g/mol. The Bertz CT molecular complexity index is 1050. The summed E-state index contributed by atoms with van der Waals surface area (Å²) in [5, 5.41) is 8.51. The van der Waals surface area contributed by atoms with Crippen molar-refractivity contribution in [3.05, 3.63) is 72.3 Å². The zero-order valence-corrected chi connectivity index (χ0v) is 14.4. The fraction of sp³-hybridized carbons (Fsp3) is 0.150. The van der Waals surface area contributed by atoms with Crippen molar-refractivity contribution >= 4 is 16.8 Å². The van der Waals surface area contributed by atoms with Gasteiger partial charge in [-0.15, -0.1) is 0 Å². The van der Waals surface area contributed by atoms with Gasteiger partial charge in [0.2, 0.25) is 0 Å². The third kappa shape index (κ3) is 3.09. The van der Waals surface area contributed by atoms with Crippen LogP contribution in [-0.4, -0.2) is 32.2 Å². The summed E-state index contributed by atoms with van der Waals surface area (Å²) >= 11 is 0. The van der Waals surface area contributed by atoms with Gasteiger partial charge in [0, 0.05) is 47.3 Å². The van der Waals surface area contributed by atoms with Crippen LogP contribution < -0.4 is 5.32 Å². The lowest BCUT2D eigenvalue weighted by Crippen LogP contribution is -2.27. The van der Waals surface area contributed by atoms with Gasteiger partial charge in [0.25, 0.3) is 5.91 Å². The highest BCUT2D eigenvalue weighted by Gasteiger charge is 2.12. The molecule has 4 rings (SSSR count). The molecule has 6 nitrogen and oxygen atoms in total. The van der Waals surface area contributed by atoms with Crippen LogP contribution >= 0.6 is 0 Å². The van der Waals surface area contributed by atoms with E-state index in [2.05, 4.69) is 20.4 Å². The van der Waals surface area contributed by atoms with Crippen LogP contribution in [0.3, 0.4) is 0 Å². The average Bonchev–Trinajstić information content (AvgIpc) is 3.26. The van der Waals surface area contributed by atoms with E-state index in [-0.39, 0.29) is 5.91 Å². The van der Waals surface area contributed by atoms with Crippen LogP contribution in [0, 0.1) is 6.92 Å². The molecule has 0 aliphatic heterocycles. The minimum Gasteiger partial charge on any atom is -0.360 e. The summed E-state index contributed by atoms with van der Waals surface area (Å²) < 4.78 is 1.90. The number of hydrogen-bond acceptors (Lipinski definition) is 3. The molecule has 3 heterocycles. The maximum Gasteiger partial charge on any atom is 0.253 e. The highest BCUT2D eigenvalue weighted by molar-refractivity contribution is 6.06. The smallest absolute Gasteiger partial charge is 0.253 e. The van der Waals surface area contributed by atoms with E-state index < -0.39 is 0 Å². The van der Waals surface area contributed by atoms with Crippen LogP contribution in [0.5, 0.6) is 0 Å². The lowest BCUT2D eigenvalue weighted by molar-refractivity contribution is 0.0953. The molecule has 0 radical (unpaired) electrons. The minimum absolute atomic E-state index is 0.0836. The van der Waals surface area contributed by atoms with Crippen molar-refractivity contribution < 1.29 is 4.79 Å². The zero-order chi connectivity index (χ0) is 17.9. The van der Waals surface area contributed by atoms with Gasteiger partial charge < -0.3 is 10.3 Å². The number of H-pyrrole nitrogens is 1. The van der Waals surface area contributed by atoms with Crippen molar-refractivity contribution in [3.8, 4) is 11.3 Å². The number of para-hydroxylation sites is 1. The highest BCUT2D eigenvalue weighted by atomic mass is 16.1. The van der Waals surface area contributed by atoms with Crippen molar-refractivity contribution in [2.45, 2.75) is 13.5 Å². The number of aryl methyl sites for hydroxylation is 1. The number of aromatic nitrogens is 4. The summed E-state index contributed by atoms with van der Waals surface area (Å²) in [5.41, 5.74) is 4.54. The Labute approximate surface area is 150 Å². The third-order valence-corrected chi connectivity index (χ3v) is 4.38. The standard InChI is InChI=1S/C20H19N5O/c1-14-11-19(15-5-4-8-21-12-15)24-25(14)10-9-22-20(26)17-13-23-18-7-3-2-6-16(17)18/h2-8,11-13,23H,9-10H2,1H3,(H,22,26). The lowest BCUT2D eigenvalue weighted by Gasteiger charge is -2.06. The molecule has 1 amide bonds. The predicted octanol–water partition coefficient (Wildman–Crippen LogP) is 3.16. The molecule has 4 aromatic rings. The highest BCUT2D eigenvalue weighted by Crippen LogP contribution is 2.18. The number of aromatic amines is 1. The largest absolute Gasteiger partial charge is 0.360 e. The molecule has 0 saturated heterocycles. The topological polar surface area (TPSA) is 75.6 Å². The number of carbonyl (C=O) groups excluding carboxylic acids is 1. The molecule has 130 valence electrons. The van der Waals surface area contributed by atoms with Crippen molar-refractivity contribution in [1.82, 2.24) is 25.1 Å². The number of hydrogen-bond donors (Lipinski definition) is 2. The van der Waals surface area contributed by atoms with E-state index in [1.54, 1.807) is 18.6 Å². The van der Waals surface area contributed by atoms with Gasteiger partial charge >= 0.3 is 0 Å². The summed E-state index contributed by atoms with van der Waals surface area (Å²) in [5.74, 6) is -0.0836. The Morgan fingerprint density at radius 2 is 2.12 bits per heavy atom. The number of nitrogens with zero attached hydrogens (tertiary/aromatic N) is 3. The molecule has 0 aliphatic carbocycles. The zero-order valence-electron chi connectivity index (χ0n) is 14.4. The molecule has 26 heavy (non-hydrogen) atoms. The minimum atomic E-state index is -0.0836. The Morgan fingerprint density at radius 1 is 1.23 bits per heavy atom. The van der Waals surface area contributed by atoms with Crippen LogP contribution in [0.15, 0.2) is 61.1 Å². The van der Waals surface area contributed by atoms with Gasteiger partial charge in [-0.2, -0.15) is 5.10 Å². The molecule has 0 saturated carbocycles. The van der Waals surface area contributed by atoms with Crippen molar-refractivity contribution in [3.63, 3.8) is 0 Å². The molecule has 0 fully saturated rings. The number of amides is 1. The van der Waals surface area contributed by atoms with Gasteiger partial charge in [0.15, 0.2) is 0 Å². The Morgan fingerprint density at radius 3 is 2.96 bits per heavy atom. The SMILES string of the molecule is Cc1cc(-c2cccnc2)nn1CCNC(=O)c1c[nH]c2ccccc12. The molecule has 3 aromatic heterocycles. The molecule has 0 atom stereocenters. The number of carbonyl (C=O) groups is 1. The number of benzene rings is 1. The average molecular weight is 345 g/mol. The molecule has 0 bridgehead atoms. The molecule has 0 aliphatic rings. The maximum absolute atomic E-state index is 12.5. The molecule has 0 unspecified atom stereocenters. The summed E-state index contributed by atoms with van der Waals surface area (Å²) in [4.78, 5) is 19.7. The van der Waals surface area contributed by atoms with Crippen LogP contribution in [-0.2, 0) is 6.54 Å². The molecule has 1 aromatic carbocycles. The first-order valence-electron chi connectivity index (χ1n) is 8.51. The molecule has 2 N–H and O–H groups in total. The molecule has 6 heteroatoms. The number of pyridine rings is 1. The quantitative estimate of drug-likeness (QED) is 0.583. The van der Waals surface area contributed by atoms with Gasteiger partial charge in [-0.1, -0.05) is 18.2 Å². The first kappa shape index (κ1) is 16.1. The van der Waals surface area contributed by atoms with Crippen molar-refractivity contribution in [1.29, 1.82) is 0 Å². The normalized spacial score (nSPS) is 11.0. The summed E-state index contributed by atoms with van der Waals surface area (Å²) in [7, 11) is 0.